The van der Waals surface area contributed by atoms with Crippen molar-refractivity contribution < 1.29 is 18.6 Å². The molecule has 44 heavy (non-hydrogen) atoms. The molecule has 1 saturated heterocycles. The highest BCUT2D eigenvalue weighted by Crippen LogP contribution is 2.44. The number of aromatic nitrogens is 2. The smallest absolute Gasteiger partial charge is 0.335 e. The van der Waals surface area contributed by atoms with E-state index in [-0.39, 0.29) is 31.2 Å². The zero-order valence-electron chi connectivity index (χ0n) is 25.3. The van der Waals surface area contributed by atoms with Crippen LogP contribution in [0.25, 0.3) is 0 Å². The zero-order valence-corrected chi connectivity index (χ0v) is 30.0. The third-order valence-corrected chi connectivity index (χ3v) is 14.1. The number of hydrogen-bond acceptors (Lipinski definition) is 6. The highest BCUT2D eigenvalue weighted by molar-refractivity contribution is 6.74. The van der Waals surface area contributed by atoms with Gasteiger partial charge in [-0.05, 0) is 55.2 Å². The minimum absolute atomic E-state index is 0.0655. The SMILES string of the molecule is COc1cc(Cl)c([C@H](OCn2c(=O)ccn([C@H]3CC[C@@H](CO[Si](C)(C)C(C)(C)C)O3)c2=O)c2c(Cl)cc(Cl)cc2Cl)c(Cl)c1. The van der Waals surface area contributed by atoms with Crippen LogP contribution in [-0.2, 0) is 20.6 Å². The molecule has 14 heteroatoms. The van der Waals surface area contributed by atoms with Gasteiger partial charge in [-0.25, -0.2) is 9.36 Å². The zero-order chi connectivity index (χ0) is 32.6. The largest absolute Gasteiger partial charge is 0.497 e. The van der Waals surface area contributed by atoms with E-state index in [2.05, 4.69) is 33.9 Å². The molecular weight excluding hydrogens is 690 g/mol. The molecule has 3 aromatic rings. The highest BCUT2D eigenvalue weighted by atomic mass is 35.5. The molecule has 8 nitrogen and oxygen atoms in total. The standard InChI is InChI=1S/C30H35Cl5N2O6Si/c1-30(2,3)44(5,6)42-15-18-7-8-25(43-18)36-10-9-24(38)37(29(36)39)16-41-28(26-20(32)11-17(31)12-21(26)33)27-22(34)13-19(40-4)14-23(27)35/h9-14,18,25,28H,7-8,15-16H2,1-6H3/t18-,25+,28+/m0/s1. The number of methoxy groups -OCH3 is 1. The first-order valence-electron chi connectivity index (χ1n) is 13.9. The predicted octanol–water partition coefficient (Wildman–Crippen LogP) is 8.75. The summed E-state index contributed by atoms with van der Waals surface area (Å²) < 4.78 is 26.4. The van der Waals surface area contributed by atoms with Crippen molar-refractivity contribution in [2.24, 2.45) is 0 Å². The number of halogens is 5. The Morgan fingerprint density at radius 1 is 0.955 bits per heavy atom. The first-order chi connectivity index (χ1) is 20.5. The van der Waals surface area contributed by atoms with E-state index in [1.54, 1.807) is 12.1 Å². The van der Waals surface area contributed by atoms with Gasteiger partial charge in [-0.15, -0.1) is 0 Å². The van der Waals surface area contributed by atoms with Crippen LogP contribution in [0.15, 0.2) is 46.1 Å². The summed E-state index contributed by atoms with van der Waals surface area (Å²) in [6.07, 6.45) is 0.910. The maximum atomic E-state index is 13.6. The summed E-state index contributed by atoms with van der Waals surface area (Å²) in [5.74, 6) is 0.419. The fourth-order valence-electron chi connectivity index (χ4n) is 4.59. The van der Waals surface area contributed by atoms with Gasteiger partial charge in [0.25, 0.3) is 5.56 Å². The second-order valence-electron chi connectivity index (χ2n) is 12.1. The lowest BCUT2D eigenvalue weighted by Crippen LogP contribution is -2.43. The van der Waals surface area contributed by atoms with Crippen LogP contribution in [0.2, 0.25) is 43.2 Å². The number of ether oxygens (including phenoxy) is 3. The van der Waals surface area contributed by atoms with Crippen LogP contribution < -0.4 is 16.0 Å². The molecule has 3 atom stereocenters. The van der Waals surface area contributed by atoms with E-state index >= 15 is 0 Å². The van der Waals surface area contributed by atoms with Crippen molar-refractivity contribution in [1.82, 2.24) is 9.13 Å². The lowest BCUT2D eigenvalue weighted by atomic mass is 10.0. The van der Waals surface area contributed by atoms with Crippen LogP contribution in [0.5, 0.6) is 5.75 Å². The van der Waals surface area contributed by atoms with Crippen LogP contribution >= 0.6 is 58.0 Å². The lowest BCUT2D eigenvalue weighted by molar-refractivity contribution is -0.0255. The summed E-state index contributed by atoms with van der Waals surface area (Å²) in [6.45, 7) is 10.9. The second-order valence-corrected chi connectivity index (χ2v) is 19.0. The summed E-state index contributed by atoms with van der Waals surface area (Å²) in [5.41, 5.74) is -0.554. The topological polar surface area (TPSA) is 80.9 Å². The molecule has 1 fully saturated rings. The molecule has 1 aliphatic rings. The molecule has 1 aromatic heterocycles. The fourth-order valence-corrected chi connectivity index (χ4v) is 7.31. The van der Waals surface area contributed by atoms with Crippen LogP contribution in [0, 0.1) is 0 Å². The summed E-state index contributed by atoms with van der Waals surface area (Å²) in [6, 6.07) is 7.40. The number of rotatable bonds is 10. The third kappa shape index (κ3) is 7.70. The van der Waals surface area contributed by atoms with Crippen molar-refractivity contribution in [2.45, 2.75) is 76.9 Å². The Kier molecular flexibility index (Phi) is 11.3. The molecule has 0 unspecified atom stereocenters. The average Bonchev–Trinajstić information content (AvgIpc) is 3.38. The lowest BCUT2D eigenvalue weighted by Gasteiger charge is -2.36. The molecule has 0 saturated carbocycles. The van der Waals surface area contributed by atoms with Gasteiger partial charge in [-0.1, -0.05) is 78.8 Å². The van der Waals surface area contributed by atoms with Crippen molar-refractivity contribution in [3.8, 4) is 5.75 Å². The highest BCUT2D eigenvalue weighted by Gasteiger charge is 2.39. The summed E-state index contributed by atoms with van der Waals surface area (Å²) in [5, 5.41) is 1.13. The number of benzene rings is 2. The van der Waals surface area contributed by atoms with Gasteiger partial charge in [0.1, 0.15) is 24.8 Å². The van der Waals surface area contributed by atoms with Crippen molar-refractivity contribution in [3.63, 3.8) is 0 Å². The Morgan fingerprint density at radius 3 is 2.07 bits per heavy atom. The van der Waals surface area contributed by atoms with Gasteiger partial charge in [-0.3, -0.25) is 9.36 Å². The van der Waals surface area contributed by atoms with Crippen molar-refractivity contribution in [1.29, 1.82) is 0 Å². The molecule has 0 bridgehead atoms. The third-order valence-electron chi connectivity index (χ3n) is 8.15. The van der Waals surface area contributed by atoms with E-state index in [4.69, 9.17) is 76.6 Å². The maximum Gasteiger partial charge on any atom is 0.335 e. The Hall–Kier alpha value is -1.53. The van der Waals surface area contributed by atoms with Crippen molar-refractivity contribution >= 4 is 66.3 Å². The molecule has 4 rings (SSSR count). The molecule has 0 N–H and O–H groups in total. The molecule has 2 heterocycles. The Morgan fingerprint density at radius 2 is 1.52 bits per heavy atom. The van der Waals surface area contributed by atoms with Gasteiger partial charge in [0.15, 0.2) is 8.32 Å². The van der Waals surface area contributed by atoms with Crippen molar-refractivity contribution in [2.75, 3.05) is 13.7 Å². The maximum absolute atomic E-state index is 13.6. The molecule has 0 aliphatic carbocycles. The summed E-state index contributed by atoms with van der Waals surface area (Å²) >= 11 is 32.6. The van der Waals surface area contributed by atoms with E-state index in [1.807, 2.05) is 0 Å². The average molecular weight is 725 g/mol. The van der Waals surface area contributed by atoms with Gasteiger partial charge in [0, 0.05) is 38.5 Å². The van der Waals surface area contributed by atoms with Gasteiger partial charge in [-0.2, -0.15) is 0 Å². The van der Waals surface area contributed by atoms with E-state index in [1.165, 1.54) is 36.1 Å². The fraction of sp³-hybridized carbons (Fsp3) is 0.467. The summed E-state index contributed by atoms with van der Waals surface area (Å²) in [7, 11) is -0.487. The Bertz CT molecular complexity index is 1590. The minimum Gasteiger partial charge on any atom is -0.497 e. The molecule has 0 amide bonds. The molecule has 240 valence electrons. The predicted molar refractivity (Wildman–Crippen MR) is 179 cm³/mol. The monoisotopic (exact) mass is 722 g/mol. The Labute approximate surface area is 282 Å². The minimum atomic E-state index is -1.97. The number of nitrogens with zero attached hydrogens (tertiary/aromatic N) is 2. The van der Waals surface area contributed by atoms with Crippen LogP contribution in [0.3, 0.4) is 0 Å². The normalized spacial score (nSPS) is 18.1. The van der Waals surface area contributed by atoms with Crippen LogP contribution in [-0.4, -0.2) is 37.3 Å². The van der Waals surface area contributed by atoms with Crippen LogP contribution in [0.1, 0.15) is 57.1 Å². The van der Waals surface area contributed by atoms with E-state index in [9.17, 15) is 9.59 Å². The second kappa shape index (κ2) is 14.1. The molecule has 0 radical (unpaired) electrons. The Balaban J connectivity index is 1.63. The first kappa shape index (κ1) is 35.3. The van der Waals surface area contributed by atoms with Crippen LogP contribution in [0.4, 0.5) is 0 Å². The van der Waals surface area contributed by atoms with E-state index in [0.717, 1.165) is 4.57 Å². The van der Waals surface area contributed by atoms with Gasteiger partial charge in [0.2, 0.25) is 0 Å². The molecular formula is C30H35Cl5N2O6Si. The quantitative estimate of drug-likeness (QED) is 0.195. The van der Waals surface area contributed by atoms with E-state index in [0.29, 0.717) is 41.3 Å². The van der Waals surface area contributed by atoms with Gasteiger partial charge < -0.3 is 18.6 Å². The summed E-state index contributed by atoms with van der Waals surface area (Å²) in [4.78, 5) is 26.6. The van der Waals surface area contributed by atoms with Gasteiger partial charge >= 0.3 is 5.69 Å². The number of hydrogen-bond donors (Lipinski definition) is 0. The molecule has 0 spiro atoms. The molecule has 2 aromatic carbocycles. The first-order valence-corrected chi connectivity index (χ1v) is 18.7. The van der Waals surface area contributed by atoms with Gasteiger partial charge in [0.05, 0.1) is 29.9 Å². The van der Waals surface area contributed by atoms with E-state index < -0.39 is 38.6 Å². The van der Waals surface area contributed by atoms with Crippen molar-refractivity contribution in [3.05, 3.63) is 93.6 Å². The molecule has 1 aliphatic heterocycles.